The maximum atomic E-state index is 13.2. The van der Waals surface area contributed by atoms with Gasteiger partial charge in [0.25, 0.3) is 10.0 Å². The van der Waals surface area contributed by atoms with Crippen molar-refractivity contribution in [2.24, 2.45) is 0 Å². The molecule has 3 aromatic rings. The Kier molecular flexibility index (Phi) is 5.92. The lowest BCUT2D eigenvalue weighted by Gasteiger charge is -2.17. The van der Waals surface area contributed by atoms with E-state index in [0.29, 0.717) is 22.2 Å². The fraction of sp³-hybridized carbons (Fsp3) is 0.286. The molecule has 0 aliphatic carbocycles. The molecule has 1 aliphatic rings. The zero-order chi connectivity index (χ0) is 22.0. The molecule has 2 heterocycles. The molecule has 0 unspecified atom stereocenters. The Labute approximate surface area is 186 Å². The average molecular weight is 458 g/mol. The summed E-state index contributed by atoms with van der Waals surface area (Å²) in [6, 6.07) is 13.8. The van der Waals surface area contributed by atoms with Gasteiger partial charge >= 0.3 is 0 Å². The molecule has 1 fully saturated rings. The van der Waals surface area contributed by atoms with Gasteiger partial charge in [0.05, 0.1) is 12.0 Å². The van der Waals surface area contributed by atoms with Crippen LogP contribution in [0.15, 0.2) is 53.4 Å². The lowest BCUT2D eigenvalue weighted by molar-refractivity contribution is 0.414. The summed E-state index contributed by atoms with van der Waals surface area (Å²) in [6.45, 7) is 3.64. The highest BCUT2D eigenvalue weighted by atomic mass is 32.2. The molecule has 162 valence electrons. The number of hydrogen-bond donors (Lipinski definition) is 1. The van der Waals surface area contributed by atoms with Gasteiger partial charge in [-0.2, -0.15) is 8.42 Å². The van der Waals surface area contributed by atoms with Gasteiger partial charge in [-0.25, -0.2) is 0 Å². The summed E-state index contributed by atoms with van der Waals surface area (Å²) < 4.78 is 32.2. The van der Waals surface area contributed by atoms with Crippen molar-refractivity contribution in [3.63, 3.8) is 0 Å². The molecule has 0 atom stereocenters. The standard InChI is InChI=1S/C21H23N5O3S2/c1-15-5-7-16(8-6-15)22-20-19(21(30)25-13-3-4-14-25)23-26(24-20)31(27,28)18-11-9-17(29-2)10-12-18/h5-12H,3-4,13-14H2,1-2H3,(H,22,24). The number of nitrogens with one attached hydrogen (secondary N) is 1. The molecule has 8 nitrogen and oxygen atoms in total. The molecule has 1 saturated heterocycles. The normalized spacial score (nSPS) is 13.9. The van der Waals surface area contributed by atoms with E-state index in [9.17, 15) is 8.42 Å². The number of rotatable bonds is 6. The molecule has 31 heavy (non-hydrogen) atoms. The number of aryl methyl sites for hydroxylation is 1. The minimum Gasteiger partial charge on any atom is -0.497 e. The van der Waals surface area contributed by atoms with Gasteiger partial charge in [-0.1, -0.05) is 34.1 Å². The minimum atomic E-state index is -4.00. The first-order chi connectivity index (χ1) is 14.9. The summed E-state index contributed by atoms with van der Waals surface area (Å²) in [4.78, 5) is 2.58. The first kappa shape index (κ1) is 21.3. The number of methoxy groups -OCH3 is 1. The lowest BCUT2D eigenvalue weighted by atomic mass is 10.2. The predicted molar refractivity (Wildman–Crippen MR) is 123 cm³/mol. The van der Waals surface area contributed by atoms with Gasteiger partial charge in [0, 0.05) is 18.8 Å². The van der Waals surface area contributed by atoms with Crippen LogP contribution in [-0.2, 0) is 10.0 Å². The maximum Gasteiger partial charge on any atom is 0.299 e. The smallest absolute Gasteiger partial charge is 0.299 e. The molecule has 0 radical (unpaired) electrons. The van der Waals surface area contributed by atoms with E-state index in [0.717, 1.165) is 41.4 Å². The van der Waals surface area contributed by atoms with Crippen molar-refractivity contribution in [3.8, 4) is 5.75 Å². The Hall–Kier alpha value is -2.98. The molecule has 10 heteroatoms. The SMILES string of the molecule is COc1ccc(S(=O)(=O)n2nc(Nc3ccc(C)cc3)c(C(=S)N3CCCC3)n2)cc1. The lowest BCUT2D eigenvalue weighted by Crippen LogP contribution is -2.28. The number of hydrogen-bond acceptors (Lipinski definition) is 7. The van der Waals surface area contributed by atoms with Gasteiger partial charge in [0.2, 0.25) is 0 Å². The molecule has 1 aliphatic heterocycles. The zero-order valence-electron chi connectivity index (χ0n) is 17.3. The summed E-state index contributed by atoms with van der Waals surface area (Å²) in [5.41, 5.74) is 2.23. The van der Waals surface area contributed by atoms with E-state index in [2.05, 4.69) is 15.5 Å². The summed E-state index contributed by atoms with van der Waals surface area (Å²) in [7, 11) is -2.48. The first-order valence-electron chi connectivity index (χ1n) is 9.88. The third-order valence-corrected chi connectivity index (χ3v) is 6.99. The largest absolute Gasteiger partial charge is 0.497 e. The Morgan fingerprint density at radius 2 is 1.68 bits per heavy atom. The van der Waals surface area contributed by atoms with Crippen LogP contribution in [0.3, 0.4) is 0 Å². The van der Waals surface area contributed by atoms with Crippen molar-refractivity contribution < 1.29 is 13.2 Å². The van der Waals surface area contributed by atoms with Crippen LogP contribution in [0.4, 0.5) is 11.5 Å². The molecule has 2 aromatic carbocycles. The highest BCUT2D eigenvalue weighted by Crippen LogP contribution is 2.24. The van der Waals surface area contributed by atoms with Crippen LogP contribution in [0.25, 0.3) is 0 Å². The quantitative estimate of drug-likeness (QED) is 0.564. The molecular weight excluding hydrogens is 434 g/mol. The predicted octanol–water partition coefficient (Wildman–Crippen LogP) is 3.35. The van der Waals surface area contributed by atoms with Gasteiger partial charge in [-0.05, 0) is 56.2 Å². The Bertz CT molecular complexity index is 1180. The number of nitrogens with zero attached hydrogens (tertiary/aromatic N) is 4. The van der Waals surface area contributed by atoms with Gasteiger partial charge in [0.15, 0.2) is 11.5 Å². The van der Waals surface area contributed by atoms with E-state index in [1.54, 1.807) is 12.1 Å². The Balaban J connectivity index is 1.74. The Morgan fingerprint density at radius 3 is 2.29 bits per heavy atom. The molecule has 0 saturated carbocycles. The number of benzene rings is 2. The second kappa shape index (κ2) is 8.64. The van der Waals surface area contributed by atoms with Crippen LogP contribution < -0.4 is 10.1 Å². The molecular formula is C21H23N5O3S2. The number of aromatic nitrogens is 3. The summed E-state index contributed by atoms with van der Waals surface area (Å²) in [5, 5.41) is 11.7. The minimum absolute atomic E-state index is 0.0591. The van der Waals surface area contributed by atoms with E-state index >= 15 is 0 Å². The second-order valence-corrected chi connectivity index (χ2v) is 9.43. The topological polar surface area (TPSA) is 89.3 Å². The van der Waals surface area contributed by atoms with Gasteiger partial charge in [-0.3, -0.25) is 0 Å². The van der Waals surface area contributed by atoms with Gasteiger partial charge < -0.3 is 15.0 Å². The molecule has 0 bridgehead atoms. The molecule has 4 rings (SSSR count). The Morgan fingerprint density at radius 1 is 1.03 bits per heavy atom. The highest BCUT2D eigenvalue weighted by Gasteiger charge is 2.27. The molecule has 1 N–H and O–H groups in total. The van der Waals surface area contributed by atoms with Crippen LogP contribution in [0.5, 0.6) is 5.75 Å². The van der Waals surface area contributed by atoms with E-state index in [1.165, 1.54) is 19.2 Å². The van der Waals surface area contributed by atoms with Crippen molar-refractivity contribution >= 4 is 38.7 Å². The van der Waals surface area contributed by atoms with Crippen molar-refractivity contribution in [2.75, 3.05) is 25.5 Å². The van der Waals surface area contributed by atoms with Crippen LogP contribution in [0, 0.1) is 6.92 Å². The van der Waals surface area contributed by atoms with Crippen molar-refractivity contribution in [3.05, 3.63) is 59.8 Å². The maximum absolute atomic E-state index is 13.2. The fourth-order valence-corrected chi connectivity index (χ4v) is 4.68. The van der Waals surface area contributed by atoms with Crippen LogP contribution in [-0.4, -0.2) is 52.9 Å². The number of ether oxygens (including phenoxy) is 1. The number of anilines is 2. The van der Waals surface area contributed by atoms with Crippen LogP contribution in [0.1, 0.15) is 24.1 Å². The molecule has 0 spiro atoms. The van der Waals surface area contributed by atoms with Crippen molar-refractivity contribution in [1.29, 1.82) is 0 Å². The number of likely N-dealkylation sites (tertiary alicyclic amines) is 1. The van der Waals surface area contributed by atoms with E-state index in [1.807, 2.05) is 36.1 Å². The molecule has 0 amide bonds. The molecule has 1 aromatic heterocycles. The van der Waals surface area contributed by atoms with Crippen LogP contribution in [0.2, 0.25) is 0 Å². The fourth-order valence-electron chi connectivity index (χ4n) is 3.31. The van der Waals surface area contributed by atoms with Crippen LogP contribution >= 0.6 is 12.2 Å². The highest BCUT2D eigenvalue weighted by molar-refractivity contribution is 7.89. The summed E-state index contributed by atoms with van der Waals surface area (Å²) in [5.74, 6) is 0.864. The van der Waals surface area contributed by atoms with Gasteiger partial charge in [-0.15, -0.1) is 10.2 Å². The van der Waals surface area contributed by atoms with E-state index in [-0.39, 0.29) is 4.90 Å². The van der Waals surface area contributed by atoms with E-state index < -0.39 is 10.0 Å². The van der Waals surface area contributed by atoms with E-state index in [4.69, 9.17) is 17.0 Å². The van der Waals surface area contributed by atoms with Crippen molar-refractivity contribution in [2.45, 2.75) is 24.7 Å². The number of thiocarbonyl (C=S) groups is 1. The third-order valence-electron chi connectivity index (χ3n) is 5.08. The van der Waals surface area contributed by atoms with Gasteiger partial charge in [0.1, 0.15) is 10.7 Å². The summed E-state index contributed by atoms with van der Waals surface area (Å²) >= 11 is 5.65. The summed E-state index contributed by atoms with van der Waals surface area (Å²) in [6.07, 6.45) is 2.08. The van der Waals surface area contributed by atoms with Crippen molar-refractivity contribution in [1.82, 2.24) is 19.3 Å². The monoisotopic (exact) mass is 457 g/mol. The average Bonchev–Trinajstić information content (AvgIpc) is 3.46. The first-order valence-corrected chi connectivity index (χ1v) is 11.7. The zero-order valence-corrected chi connectivity index (χ0v) is 18.9. The third kappa shape index (κ3) is 4.40. The second-order valence-electron chi connectivity index (χ2n) is 7.29.